The average Bonchev–Trinajstić information content (AvgIpc) is 2.59. The first-order chi connectivity index (χ1) is 8.62. The first-order valence-electron chi connectivity index (χ1n) is 7.95. The Morgan fingerprint density at radius 1 is 1.11 bits per heavy atom. The van der Waals surface area contributed by atoms with E-state index in [0.717, 1.165) is 12.3 Å². The van der Waals surface area contributed by atoms with Crippen LogP contribution >= 0.6 is 0 Å². The highest BCUT2D eigenvalue weighted by atomic mass is 15.3. The van der Waals surface area contributed by atoms with E-state index in [1.165, 1.54) is 56.1 Å². The zero-order valence-electron chi connectivity index (χ0n) is 13.0. The Hall–Kier alpha value is -0.480. The summed E-state index contributed by atoms with van der Waals surface area (Å²) >= 11 is 0. The largest absolute Gasteiger partial charge is 0.314 e. The maximum absolute atomic E-state index is 3.57. The smallest absolute Gasteiger partial charge is 0.150 e. The summed E-state index contributed by atoms with van der Waals surface area (Å²) in [5.41, 5.74) is 0. The standard InChI is InChI=1S/C17H32N/c1-5-7-8-9-15-18(4,6-2)17-12-10-11-16(3)13-14-17/h16-17H,5-9,11,13-15H2,1-4H3/q+1. The molecule has 0 aromatic rings. The topological polar surface area (TPSA) is 0 Å². The third-order valence-electron chi connectivity index (χ3n) is 4.65. The molecule has 1 aliphatic carbocycles. The summed E-state index contributed by atoms with van der Waals surface area (Å²) < 4.78 is 1.17. The van der Waals surface area contributed by atoms with Gasteiger partial charge in [0.05, 0.1) is 20.1 Å². The lowest BCUT2D eigenvalue weighted by atomic mass is 10.0. The second kappa shape index (κ2) is 7.85. The van der Waals surface area contributed by atoms with Crippen molar-refractivity contribution in [2.75, 3.05) is 20.1 Å². The number of quaternary nitrogens is 1. The maximum Gasteiger partial charge on any atom is 0.150 e. The van der Waals surface area contributed by atoms with E-state index in [9.17, 15) is 0 Å². The Kier molecular flexibility index (Phi) is 6.79. The molecule has 0 aliphatic heterocycles. The molecule has 1 nitrogen and oxygen atoms in total. The first kappa shape index (κ1) is 15.6. The van der Waals surface area contributed by atoms with E-state index >= 15 is 0 Å². The highest BCUT2D eigenvalue weighted by Crippen LogP contribution is 2.22. The number of hydrogen-bond acceptors (Lipinski definition) is 0. The van der Waals surface area contributed by atoms with Crippen molar-refractivity contribution in [2.45, 2.75) is 71.8 Å². The minimum Gasteiger partial charge on any atom is -0.314 e. The van der Waals surface area contributed by atoms with Crippen molar-refractivity contribution in [1.29, 1.82) is 0 Å². The predicted octanol–water partition coefficient (Wildman–Crippen LogP) is 4.23. The minimum absolute atomic E-state index is 0.585. The van der Waals surface area contributed by atoms with Crippen LogP contribution in [0.1, 0.15) is 65.7 Å². The Morgan fingerprint density at radius 3 is 2.56 bits per heavy atom. The molecule has 3 atom stereocenters. The van der Waals surface area contributed by atoms with Crippen LogP contribution in [0.5, 0.6) is 0 Å². The zero-order valence-corrected chi connectivity index (χ0v) is 13.0. The van der Waals surface area contributed by atoms with Crippen molar-refractivity contribution in [3.05, 3.63) is 0 Å². The lowest BCUT2D eigenvalue weighted by Gasteiger charge is -2.38. The number of nitrogens with zero attached hydrogens (tertiary/aromatic N) is 1. The van der Waals surface area contributed by atoms with Gasteiger partial charge in [-0.3, -0.25) is 0 Å². The van der Waals surface area contributed by atoms with Crippen molar-refractivity contribution in [3.8, 4) is 11.8 Å². The second-order valence-corrected chi connectivity index (χ2v) is 6.30. The molecule has 0 heterocycles. The van der Waals surface area contributed by atoms with E-state index in [-0.39, 0.29) is 0 Å². The van der Waals surface area contributed by atoms with Crippen molar-refractivity contribution in [1.82, 2.24) is 0 Å². The van der Waals surface area contributed by atoms with Crippen LogP contribution in [0.3, 0.4) is 0 Å². The monoisotopic (exact) mass is 250 g/mol. The molecule has 3 unspecified atom stereocenters. The highest BCUT2D eigenvalue weighted by Gasteiger charge is 2.30. The molecule has 1 rings (SSSR count). The fourth-order valence-corrected chi connectivity index (χ4v) is 2.87. The fourth-order valence-electron chi connectivity index (χ4n) is 2.87. The van der Waals surface area contributed by atoms with Gasteiger partial charge in [-0.25, -0.2) is 0 Å². The van der Waals surface area contributed by atoms with Gasteiger partial charge in [-0.05, 0) is 38.0 Å². The Balaban J connectivity index is 2.53. The molecule has 0 aromatic carbocycles. The molecule has 0 N–H and O–H groups in total. The summed E-state index contributed by atoms with van der Waals surface area (Å²) in [6.45, 7) is 9.49. The van der Waals surface area contributed by atoms with E-state index in [1.807, 2.05) is 0 Å². The van der Waals surface area contributed by atoms with Crippen molar-refractivity contribution < 1.29 is 4.48 Å². The molecule has 0 radical (unpaired) electrons. The first-order valence-corrected chi connectivity index (χ1v) is 7.95. The van der Waals surface area contributed by atoms with Gasteiger partial charge in [0.25, 0.3) is 0 Å². The molecule has 0 saturated heterocycles. The lowest BCUT2D eigenvalue weighted by Crippen LogP contribution is -2.52. The summed E-state index contributed by atoms with van der Waals surface area (Å²) in [7, 11) is 2.42. The quantitative estimate of drug-likeness (QED) is 0.360. The van der Waals surface area contributed by atoms with E-state index in [2.05, 4.69) is 39.7 Å². The molecule has 0 saturated carbocycles. The molecule has 0 aromatic heterocycles. The minimum atomic E-state index is 0.585. The van der Waals surface area contributed by atoms with Gasteiger partial charge >= 0.3 is 0 Å². The summed E-state index contributed by atoms with van der Waals surface area (Å²) in [4.78, 5) is 0. The predicted molar refractivity (Wildman–Crippen MR) is 80.3 cm³/mol. The van der Waals surface area contributed by atoms with Crippen LogP contribution in [0, 0.1) is 17.8 Å². The third-order valence-corrected chi connectivity index (χ3v) is 4.65. The van der Waals surface area contributed by atoms with E-state index in [1.54, 1.807) is 0 Å². The van der Waals surface area contributed by atoms with E-state index < -0.39 is 0 Å². The molecule has 1 heteroatoms. The summed E-state index contributed by atoms with van der Waals surface area (Å²) in [6, 6.07) is 0.585. The molecule has 0 fully saturated rings. The molecular weight excluding hydrogens is 218 g/mol. The lowest BCUT2D eigenvalue weighted by molar-refractivity contribution is -0.924. The molecule has 0 amide bonds. The zero-order chi connectivity index (χ0) is 13.4. The van der Waals surface area contributed by atoms with Crippen LogP contribution in [0.15, 0.2) is 0 Å². The van der Waals surface area contributed by atoms with Crippen LogP contribution < -0.4 is 0 Å². The van der Waals surface area contributed by atoms with Crippen molar-refractivity contribution in [2.24, 2.45) is 5.92 Å². The van der Waals surface area contributed by atoms with Crippen LogP contribution in [0.4, 0.5) is 0 Å². The van der Waals surface area contributed by atoms with Gasteiger partial charge in [-0.15, -0.1) is 0 Å². The van der Waals surface area contributed by atoms with Gasteiger partial charge in [-0.1, -0.05) is 32.6 Å². The Morgan fingerprint density at radius 2 is 1.89 bits per heavy atom. The molecule has 104 valence electrons. The van der Waals surface area contributed by atoms with Crippen LogP contribution in [0.25, 0.3) is 0 Å². The van der Waals surface area contributed by atoms with Gasteiger partial charge in [0.2, 0.25) is 0 Å². The van der Waals surface area contributed by atoms with Crippen LogP contribution in [-0.4, -0.2) is 30.7 Å². The van der Waals surface area contributed by atoms with Crippen molar-refractivity contribution in [3.63, 3.8) is 0 Å². The van der Waals surface area contributed by atoms with Gasteiger partial charge in [0, 0.05) is 12.8 Å². The molecular formula is C17H32N+. The summed E-state index contributed by atoms with van der Waals surface area (Å²) in [6.07, 6.45) is 9.22. The molecule has 0 bridgehead atoms. The summed E-state index contributed by atoms with van der Waals surface area (Å²) in [5, 5.41) is 0. The second-order valence-electron chi connectivity index (χ2n) is 6.30. The van der Waals surface area contributed by atoms with E-state index in [0.29, 0.717) is 6.04 Å². The maximum atomic E-state index is 3.57. The number of rotatable bonds is 7. The SMILES string of the molecule is CCCCCC[N+](C)(CC)C1C#CCC(C)CC1. The normalized spacial score (nSPS) is 26.9. The van der Waals surface area contributed by atoms with Gasteiger partial charge in [-0.2, -0.15) is 0 Å². The van der Waals surface area contributed by atoms with E-state index in [4.69, 9.17) is 0 Å². The van der Waals surface area contributed by atoms with Crippen molar-refractivity contribution >= 4 is 0 Å². The Labute approximate surface area is 115 Å². The van der Waals surface area contributed by atoms with Gasteiger partial charge in [0.15, 0.2) is 6.04 Å². The molecule has 1 aliphatic rings. The summed E-state index contributed by atoms with van der Waals surface area (Å²) in [5.74, 6) is 7.79. The molecule has 0 spiro atoms. The Bertz CT molecular complexity index is 286. The van der Waals surface area contributed by atoms with Crippen LogP contribution in [0.2, 0.25) is 0 Å². The average molecular weight is 250 g/mol. The van der Waals surface area contributed by atoms with Crippen LogP contribution in [-0.2, 0) is 0 Å². The van der Waals surface area contributed by atoms with Gasteiger partial charge in [0.1, 0.15) is 0 Å². The molecule has 18 heavy (non-hydrogen) atoms. The number of hydrogen-bond donors (Lipinski definition) is 0. The number of unbranched alkanes of at least 4 members (excludes halogenated alkanes) is 3. The van der Waals surface area contributed by atoms with Gasteiger partial charge < -0.3 is 4.48 Å². The third kappa shape index (κ3) is 4.65. The fraction of sp³-hybridized carbons (Fsp3) is 0.882. The highest BCUT2D eigenvalue weighted by molar-refractivity contribution is 5.08.